The maximum absolute atomic E-state index is 12.5. The zero-order chi connectivity index (χ0) is 16.8. The first-order valence-electron chi connectivity index (χ1n) is 7.94. The topological polar surface area (TPSA) is 60.9 Å². The molecule has 1 saturated heterocycles. The molecule has 1 aromatic carbocycles. The summed E-state index contributed by atoms with van der Waals surface area (Å²) in [6.45, 7) is 5.09. The Morgan fingerprint density at radius 3 is 2.78 bits per heavy atom. The fourth-order valence-corrected chi connectivity index (χ4v) is 3.20. The number of piperazine rings is 1. The van der Waals surface area contributed by atoms with Gasteiger partial charge in [0.2, 0.25) is 5.91 Å². The van der Waals surface area contributed by atoms with Crippen LogP contribution in [0.5, 0.6) is 0 Å². The summed E-state index contributed by atoms with van der Waals surface area (Å²) in [6.07, 6.45) is 1.21. The summed E-state index contributed by atoms with van der Waals surface area (Å²) in [5, 5.41) is 9.33. The molecule has 0 aliphatic carbocycles. The first-order valence-corrected chi connectivity index (χ1v) is 8.31. The van der Waals surface area contributed by atoms with Gasteiger partial charge in [-0.3, -0.25) is 14.5 Å². The molecule has 1 aliphatic heterocycles. The maximum Gasteiger partial charge on any atom is 0.303 e. The molecule has 5 nitrogen and oxygen atoms in total. The van der Waals surface area contributed by atoms with Crippen molar-refractivity contribution in [3.8, 4) is 0 Å². The van der Waals surface area contributed by atoms with Crippen molar-refractivity contribution >= 4 is 23.5 Å². The van der Waals surface area contributed by atoms with Gasteiger partial charge >= 0.3 is 5.97 Å². The van der Waals surface area contributed by atoms with Crippen molar-refractivity contribution in [2.45, 2.75) is 32.2 Å². The minimum Gasteiger partial charge on any atom is -0.481 e. The number of carbonyl (C=O) groups is 2. The number of amides is 1. The van der Waals surface area contributed by atoms with Gasteiger partial charge in [0.15, 0.2) is 0 Å². The zero-order valence-electron chi connectivity index (χ0n) is 13.4. The van der Waals surface area contributed by atoms with Crippen LogP contribution < -0.4 is 0 Å². The third-order valence-corrected chi connectivity index (χ3v) is 4.38. The van der Waals surface area contributed by atoms with E-state index in [1.165, 1.54) is 0 Å². The van der Waals surface area contributed by atoms with Gasteiger partial charge in [0, 0.05) is 37.1 Å². The summed E-state index contributed by atoms with van der Waals surface area (Å²) >= 11 is 5.96. The van der Waals surface area contributed by atoms with Crippen LogP contribution in [-0.4, -0.2) is 59.0 Å². The SMILES string of the molecule is CC1CN(CCCC(=O)O)CCN1C(=O)Cc1cccc(Cl)c1. The quantitative estimate of drug-likeness (QED) is 0.864. The third kappa shape index (κ3) is 5.52. The summed E-state index contributed by atoms with van der Waals surface area (Å²) in [5.41, 5.74) is 0.929. The lowest BCUT2D eigenvalue weighted by Gasteiger charge is -2.40. The Labute approximate surface area is 141 Å². The molecule has 1 atom stereocenters. The normalized spacial score (nSPS) is 18.9. The van der Waals surface area contributed by atoms with E-state index in [1.54, 1.807) is 6.07 Å². The molecule has 0 bridgehead atoms. The number of benzene rings is 1. The van der Waals surface area contributed by atoms with Crippen LogP contribution in [0.15, 0.2) is 24.3 Å². The second kappa shape index (κ2) is 8.31. The highest BCUT2D eigenvalue weighted by molar-refractivity contribution is 6.30. The Morgan fingerprint density at radius 1 is 1.35 bits per heavy atom. The lowest BCUT2D eigenvalue weighted by atomic mass is 10.1. The van der Waals surface area contributed by atoms with Crippen molar-refractivity contribution in [2.24, 2.45) is 0 Å². The van der Waals surface area contributed by atoms with Gasteiger partial charge in [-0.25, -0.2) is 0 Å². The van der Waals surface area contributed by atoms with Crippen LogP contribution in [0.3, 0.4) is 0 Å². The number of hydrogen-bond donors (Lipinski definition) is 1. The molecular weight excluding hydrogens is 316 g/mol. The van der Waals surface area contributed by atoms with Gasteiger partial charge in [0.05, 0.1) is 6.42 Å². The number of carboxylic acid groups (broad SMARTS) is 1. The molecule has 0 spiro atoms. The van der Waals surface area contributed by atoms with E-state index in [0.717, 1.165) is 25.2 Å². The van der Waals surface area contributed by atoms with Crippen molar-refractivity contribution in [2.75, 3.05) is 26.2 Å². The summed E-state index contributed by atoms with van der Waals surface area (Å²) in [4.78, 5) is 27.2. The predicted molar refractivity (Wildman–Crippen MR) is 89.6 cm³/mol. The predicted octanol–water partition coefficient (Wildman–Crippen LogP) is 2.28. The highest BCUT2D eigenvalue weighted by Gasteiger charge is 2.27. The van der Waals surface area contributed by atoms with Crippen molar-refractivity contribution < 1.29 is 14.7 Å². The monoisotopic (exact) mass is 338 g/mol. The number of rotatable bonds is 6. The third-order valence-electron chi connectivity index (χ3n) is 4.14. The fourth-order valence-electron chi connectivity index (χ4n) is 2.98. The molecule has 1 fully saturated rings. The van der Waals surface area contributed by atoms with Gasteiger partial charge in [0.25, 0.3) is 0 Å². The summed E-state index contributed by atoms with van der Waals surface area (Å²) in [6, 6.07) is 7.53. The Kier molecular flexibility index (Phi) is 6.42. The number of halogens is 1. The van der Waals surface area contributed by atoms with Crippen LogP contribution in [0.1, 0.15) is 25.3 Å². The molecular formula is C17H23ClN2O3. The van der Waals surface area contributed by atoms with Crippen LogP contribution in [0.25, 0.3) is 0 Å². The van der Waals surface area contributed by atoms with Crippen LogP contribution in [0.4, 0.5) is 0 Å². The number of aliphatic carboxylic acids is 1. The lowest BCUT2D eigenvalue weighted by Crippen LogP contribution is -2.54. The van der Waals surface area contributed by atoms with E-state index in [2.05, 4.69) is 4.90 Å². The Morgan fingerprint density at radius 2 is 2.13 bits per heavy atom. The maximum atomic E-state index is 12.5. The van der Waals surface area contributed by atoms with E-state index in [4.69, 9.17) is 16.7 Å². The highest BCUT2D eigenvalue weighted by Crippen LogP contribution is 2.15. The van der Waals surface area contributed by atoms with E-state index < -0.39 is 5.97 Å². The molecule has 0 aromatic heterocycles. The first-order chi connectivity index (χ1) is 11.0. The van der Waals surface area contributed by atoms with Crippen molar-refractivity contribution in [1.29, 1.82) is 0 Å². The average molecular weight is 339 g/mol. The molecule has 6 heteroatoms. The second-order valence-electron chi connectivity index (χ2n) is 6.04. The van der Waals surface area contributed by atoms with Gasteiger partial charge in [-0.2, -0.15) is 0 Å². The molecule has 1 N–H and O–H groups in total. The van der Waals surface area contributed by atoms with E-state index in [9.17, 15) is 9.59 Å². The van der Waals surface area contributed by atoms with Crippen molar-refractivity contribution in [1.82, 2.24) is 9.80 Å². The van der Waals surface area contributed by atoms with E-state index >= 15 is 0 Å². The summed E-state index contributed by atoms with van der Waals surface area (Å²) < 4.78 is 0. The smallest absolute Gasteiger partial charge is 0.303 e. The second-order valence-corrected chi connectivity index (χ2v) is 6.48. The van der Waals surface area contributed by atoms with Crippen LogP contribution >= 0.6 is 11.6 Å². The largest absolute Gasteiger partial charge is 0.481 e. The van der Waals surface area contributed by atoms with Gasteiger partial charge in [-0.15, -0.1) is 0 Å². The Bertz CT molecular complexity index is 565. The lowest BCUT2D eigenvalue weighted by molar-refractivity contribution is -0.137. The van der Waals surface area contributed by atoms with Gasteiger partial charge in [-0.05, 0) is 37.6 Å². The molecule has 0 radical (unpaired) electrons. The van der Waals surface area contributed by atoms with Crippen molar-refractivity contribution in [3.63, 3.8) is 0 Å². The van der Waals surface area contributed by atoms with E-state index in [0.29, 0.717) is 24.4 Å². The summed E-state index contributed by atoms with van der Waals surface area (Å²) in [5.74, 6) is -0.640. The molecule has 23 heavy (non-hydrogen) atoms. The molecule has 126 valence electrons. The highest BCUT2D eigenvalue weighted by atomic mass is 35.5. The minimum atomic E-state index is -0.756. The Hall–Kier alpha value is -1.59. The number of carboxylic acids is 1. The molecule has 0 saturated carbocycles. The molecule has 1 unspecified atom stereocenters. The van der Waals surface area contributed by atoms with Gasteiger partial charge in [-0.1, -0.05) is 23.7 Å². The van der Waals surface area contributed by atoms with Crippen LogP contribution in [0.2, 0.25) is 5.02 Å². The number of hydrogen-bond acceptors (Lipinski definition) is 3. The first kappa shape index (κ1) is 17.8. The van der Waals surface area contributed by atoms with Crippen molar-refractivity contribution in [3.05, 3.63) is 34.9 Å². The van der Waals surface area contributed by atoms with Gasteiger partial charge < -0.3 is 10.0 Å². The number of carbonyl (C=O) groups excluding carboxylic acids is 1. The van der Waals surface area contributed by atoms with E-state index in [-0.39, 0.29) is 18.4 Å². The summed E-state index contributed by atoms with van der Waals surface area (Å²) in [7, 11) is 0. The van der Waals surface area contributed by atoms with E-state index in [1.807, 2.05) is 30.0 Å². The zero-order valence-corrected chi connectivity index (χ0v) is 14.1. The minimum absolute atomic E-state index is 0.116. The fraction of sp³-hybridized carbons (Fsp3) is 0.529. The molecule has 2 rings (SSSR count). The molecule has 1 aromatic rings. The van der Waals surface area contributed by atoms with Crippen LogP contribution in [0, 0.1) is 0 Å². The standard InChI is InChI=1S/C17H23ClN2O3/c1-13-12-19(7-3-6-17(22)23)8-9-20(13)16(21)11-14-4-2-5-15(18)10-14/h2,4-5,10,13H,3,6-9,11-12H2,1H3,(H,22,23). The average Bonchev–Trinajstić information content (AvgIpc) is 2.46. The Balaban J connectivity index is 1.83. The molecule has 1 amide bonds. The van der Waals surface area contributed by atoms with Gasteiger partial charge in [0.1, 0.15) is 0 Å². The van der Waals surface area contributed by atoms with Crippen LogP contribution in [-0.2, 0) is 16.0 Å². The number of nitrogens with zero attached hydrogens (tertiary/aromatic N) is 2. The molecule has 1 aliphatic rings. The molecule has 1 heterocycles.